The van der Waals surface area contributed by atoms with Crippen LogP contribution < -0.4 is 20.8 Å². The molecule has 0 aliphatic carbocycles. The molecule has 0 radical (unpaired) electrons. The van der Waals surface area contributed by atoms with Gasteiger partial charge in [0.1, 0.15) is 17.3 Å². The molecule has 1 unspecified atom stereocenters. The van der Waals surface area contributed by atoms with Crippen molar-refractivity contribution < 1.29 is 18.4 Å². The molecule has 0 bridgehead atoms. The second-order valence-corrected chi connectivity index (χ2v) is 9.25. The molecule has 1 aliphatic heterocycles. The van der Waals surface area contributed by atoms with Crippen LogP contribution in [0, 0.1) is 23.5 Å². The highest BCUT2D eigenvalue weighted by molar-refractivity contribution is 7.27. The molecule has 10 nitrogen and oxygen atoms in total. The molecular formula is C24H24F2N7O3P. The molecule has 0 fully saturated rings. The fourth-order valence-electron chi connectivity index (χ4n) is 3.92. The van der Waals surface area contributed by atoms with Crippen LogP contribution in [0.1, 0.15) is 21.5 Å². The summed E-state index contributed by atoms with van der Waals surface area (Å²) in [6, 6.07) is 5.51. The number of hydrogen-bond acceptors (Lipinski definition) is 7. The summed E-state index contributed by atoms with van der Waals surface area (Å²) in [7, 11) is 6.28. The summed E-state index contributed by atoms with van der Waals surface area (Å²) in [5, 5.41) is 8.83. The summed E-state index contributed by atoms with van der Waals surface area (Å²) in [6.07, 6.45) is 0. The van der Waals surface area contributed by atoms with Gasteiger partial charge < -0.3 is 15.5 Å². The van der Waals surface area contributed by atoms with Gasteiger partial charge in [-0.2, -0.15) is 4.98 Å². The number of nitrogens with one attached hydrogen (secondary N) is 2. The third kappa shape index (κ3) is 5.16. The SMILES string of the molecule is Cc1c(P)cc(C(=O)N=O)cc1-c1nc(NCCN(C)C)nc2c1CNC(=O)N2c1c(F)cccc1F. The zero-order valence-electron chi connectivity index (χ0n) is 20.3. The van der Waals surface area contributed by atoms with Gasteiger partial charge in [-0.25, -0.2) is 23.5 Å². The molecule has 3 amide bonds. The molecule has 0 saturated carbocycles. The minimum Gasteiger partial charge on any atom is -0.353 e. The van der Waals surface area contributed by atoms with E-state index in [0.29, 0.717) is 40.8 Å². The largest absolute Gasteiger partial charge is 0.353 e. The topological polar surface area (TPSA) is 120 Å². The Balaban J connectivity index is 1.98. The summed E-state index contributed by atoms with van der Waals surface area (Å²) in [5.74, 6) is -2.75. The van der Waals surface area contributed by atoms with Crippen molar-refractivity contribution in [3.8, 4) is 11.3 Å². The Hall–Kier alpha value is -3.89. The van der Waals surface area contributed by atoms with E-state index in [0.717, 1.165) is 17.0 Å². The van der Waals surface area contributed by atoms with Gasteiger partial charge in [-0.1, -0.05) is 6.07 Å². The maximum absolute atomic E-state index is 14.8. The fourth-order valence-corrected chi connectivity index (χ4v) is 4.26. The van der Waals surface area contributed by atoms with E-state index in [9.17, 15) is 23.3 Å². The molecule has 0 saturated heterocycles. The predicted molar refractivity (Wildman–Crippen MR) is 139 cm³/mol. The Kier molecular flexibility index (Phi) is 7.51. The number of amides is 3. The molecule has 2 heterocycles. The van der Waals surface area contributed by atoms with Crippen LogP contribution in [0.4, 0.5) is 31.0 Å². The second-order valence-electron chi connectivity index (χ2n) is 8.63. The maximum atomic E-state index is 14.8. The van der Waals surface area contributed by atoms with Gasteiger partial charge in [-0.05, 0) is 56.2 Å². The van der Waals surface area contributed by atoms with E-state index in [2.05, 4.69) is 35.0 Å². The molecule has 37 heavy (non-hydrogen) atoms. The standard InChI is InChI=1S/C24H24F2N7O3P/c1-12-14(9-13(10-18(12)37)22(34)31-36)19-15-11-28-24(35)33(20-16(25)5-4-6-17(20)26)21(15)30-23(29-19)27-7-8-32(2)3/h4-6,9-10H,7-8,11,37H2,1-3H3,(H,28,35)(H,27,29,30). The van der Waals surface area contributed by atoms with Crippen LogP contribution in [0.25, 0.3) is 11.3 Å². The Bertz CT molecular complexity index is 1400. The number of likely N-dealkylation sites (N-methyl/N-ethyl adjacent to an activating group) is 1. The number of hydrogen-bond donors (Lipinski definition) is 2. The van der Waals surface area contributed by atoms with E-state index in [-0.39, 0.29) is 23.9 Å². The number of halogens is 2. The monoisotopic (exact) mass is 527 g/mol. The van der Waals surface area contributed by atoms with Crippen molar-refractivity contribution in [1.29, 1.82) is 0 Å². The summed E-state index contributed by atoms with van der Waals surface area (Å²) in [6.45, 7) is 2.83. The number of para-hydroxylation sites is 1. The van der Waals surface area contributed by atoms with Gasteiger partial charge in [0.05, 0.1) is 12.2 Å². The average Bonchev–Trinajstić information content (AvgIpc) is 2.85. The maximum Gasteiger partial charge on any atom is 0.328 e. The highest BCUT2D eigenvalue weighted by Crippen LogP contribution is 2.39. The number of nitrogens with zero attached hydrogens (tertiary/aromatic N) is 5. The number of nitroso groups, excluding NO2 is 1. The normalized spacial score (nSPS) is 12.8. The number of aromatic nitrogens is 2. The van der Waals surface area contributed by atoms with Crippen molar-refractivity contribution in [3.63, 3.8) is 0 Å². The molecule has 2 N–H and O–H groups in total. The van der Waals surface area contributed by atoms with Crippen molar-refractivity contribution in [2.45, 2.75) is 13.5 Å². The van der Waals surface area contributed by atoms with E-state index in [4.69, 9.17) is 0 Å². The molecule has 1 aromatic heterocycles. The van der Waals surface area contributed by atoms with Crippen LogP contribution in [0.2, 0.25) is 0 Å². The average molecular weight is 527 g/mol. The van der Waals surface area contributed by atoms with Crippen molar-refractivity contribution in [2.24, 2.45) is 5.18 Å². The number of benzene rings is 2. The lowest BCUT2D eigenvalue weighted by Gasteiger charge is -2.31. The number of carbonyl (C=O) groups excluding carboxylic acids is 2. The molecule has 0 spiro atoms. The molecular weight excluding hydrogens is 503 g/mol. The molecule has 1 atom stereocenters. The van der Waals surface area contributed by atoms with Gasteiger partial charge >= 0.3 is 11.9 Å². The number of urea groups is 1. The van der Waals surface area contributed by atoms with Crippen LogP contribution in [0.3, 0.4) is 0 Å². The number of rotatable bonds is 7. The van der Waals surface area contributed by atoms with Crippen molar-refractivity contribution in [2.75, 3.05) is 37.4 Å². The van der Waals surface area contributed by atoms with Gasteiger partial charge in [0.25, 0.3) is 0 Å². The smallest absolute Gasteiger partial charge is 0.328 e. The number of carbonyl (C=O) groups is 2. The van der Waals surface area contributed by atoms with Crippen LogP contribution in [0.5, 0.6) is 0 Å². The van der Waals surface area contributed by atoms with Gasteiger partial charge in [0, 0.05) is 35.0 Å². The first-order valence-corrected chi connectivity index (χ1v) is 11.8. The number of fused-ring (bicyclic) bond motifs is 1. The number of anilines is 3. The quantitative estimate of drug-likeness (QED) is 0.357. The summed E-state index contributed by atoms with van der Waals surface area (Å²) in [4.78, 5) is 47.8. The minimum absolute atomic E-state index is 0.0138. The Labute approximate surface area is 213 Å². The third-order valence-corrected chi connectivity index (χ3v) is 6.45. The molecule has 4 rings (SSSR count). The Morgan fingerprint density at radius 2 is 1.95 bits per heavy atom. The highest BCUT2D eigenvalue weighted by Gasteiger charge is 2.34. The summed E-state index contributed by atoms with van der Waals surface area (Å²) < 4.78 is 29.6. The van der Waals surface area contributed by atoms with E-state index in [1.54, 1.807) is 6.92 Å². The van der Waals surface area contributed by atoms with Crippen LogP contribution in [-0.4, -0.2) is 54.0 Å². The lowest BCUT2D eigenvalue weighted by molar-refractivity contribution is 0.100. The van der Waals surface area contributed by atoms with Crippen molar-refractivity contribution in [3.05, 3.63) is 63.6 Å². The third-order valence-electron chi connectivity index (χ3n) is 5.85. The predicted octanol–water partition coefficient (Wildman–Crippen LogP) is 3.47. The molecule has 13 heteroatoms. The van der Waals surface area contributed by atoms with E-state index in [1.807, 2.05) is 19.0 Å². The Morgan fingerprint density at radius 3 is 2.59 bits per heavy atom. The van der Waals surface area contributed by atoms with Crippen LogP contribution >= 0.6 is 9.24 Å². The molecule has 2 aromatic carbocycles. The Morgan fingerprint density at radius 1 is 1.24 bits per heavy atom. The first-order valence-electron chi connectivity index (χ1n) is 11.2. The highest BCUT2D eigenvalue weighted by atomic mass is 31.0. The first-order chi connectivity index (χ1) is 17.6. The van der Waals surface area contributed by atoms with Crippen molar-refractivity contribution in [1.82, 2.24) is 20.2 Å². The zero-order valence-corrected chi connectivity index (χ0v) is 21.5. The van der Waals surface area contributed by atoms with Gasteiger partial charge in [-0.15, -0.1) is 14.1 Å². The summed E-state index contributed by atoms with van der Waals surface area (Å²) >= 11 is 0. The summed E-state index contributed by atoms with van der Waals surface area (Å²) in [5.41, 5.74) is 1.35. The van der Waals surface area contributed by atoms with Gasteiger partial charge in [-0.3, -0.25) is 4.79 Å². The van der Waals surface area contributed by atoms with Crippen molar-refractivity contribution >= 4 is 43.9 Å². The minimum atomic E-state index is -0.958. The van der Waals surface area contributed by atoms with E-state index in [1.165, 1.54) is 18.2 Å². The lowest BCUT2D eigenvalue weighted by atomic mass is 9.97. The van der Waals surface area contributed by atoms with Crippen LogP contribution in [-0.2, 0) is 6.54 Å². The molecule has 1 aliphatic rings. The van der Waals surface area contributed by atoms with E-state index >= 15 is 0 Å². The second kappa shape index (κ2) is 10.6. The fraction of sp³-hybridized carbons (Fsp3) is 0.250. The van der Waals surface area contributed by atoms with E-state index < -0.39 is 29.3 Å². The lowest BCUT2D eigenvalue weighted by Crippen LogP contribution is -2.43. The molecule has 192 valence electrons. The van der Waals surface area contributed by atoms with Gasteiger partial charge in [0.2, 0.25) is 5.95 Å². The van der Waals surface area contributed by atoms with Crippen LogP contribution in [0.15, 0.2) is 35.5 Å². The first kappa shape index (κ1) is 26.2. The van der Waals surface area contributed by atoms with Gasteiger partial charge in [0.15, 0.2) is 5.82 Å². The molecule has 3 aromatic rings. The zero-order chi connectivity index (χ0) is 26.9.